The number of aromatic nitrogens is 4. The lowest BCUT2D eigenvalue weighted by Gasteiger charge is -2.28. The zero-order valence-corrected chi connectivity index (χ0v) is 19.7. The Hall–Kier alpha value is -3.91. The molecule has 1 unspecified atom stereocenters. The molecule has 2 aromatic heterocycles. The van der Waals surface area contributed by atoms with Gasteiger partial charge in [-0.15, -0.1) is 5.10 Å². The largest absolute Gasteiger partial charge is 0.328 e. The van der Waals surface area contributed by atoms with Crippen LogP contribution in [0.3, 0.4) is 0 Å². The maximum Gasteiger partial charge on any atom is 0.255 e. The number of carbonyl (C=O) groups excluding carboxylic acids is 1. The molecule has 3 heterocycles. The molecule has 0 aliphatic carbocycles. The maximum atomic E-state index is 13.5. The number of hydrogen-bond acceptors (Lipinski definition) is 6. The SMILES string of the molecule is CC1=C(C(=O)Nc2cccnc2)C(c2ccc(C)cc2)n2nc(SCc3ccccc3)nc2N1. The van der Waals surface area contributed by atoms with Crippen LogP contribution in [0.5, 0.6) is 0 Å². The zero-order valence-electron chi connectivity index (χ0n) is 18.9. The fourth-order valence-corrected chi connectivity index (χ4v) is 4.69. The van der Waals surface area contributed by atoms with Crippen LogP contribution in [0.2, 0.25) is 0 Å². The van der Waals surface area contributed by atoms with E-state index in [0.29, 0.717) is 22.4 Å². The van der Waals surface area contributed by atoms with Crippen LogP contribution in [0.4, 0.5) is 11.6 Å². The summed E-state index contributed by atoms with van der Waals surface area (Å²) in [7, 11) is 0. The van der Waals surface area contributed by atoms with Gasteiger partial charge in [0.25, 0.3) is 5.91 Å². The lowest BCUT2D eigenvalue weighted by molar-refractivity contribution is -0.113. The molecule has 1 atom stereocenters. The number of nitrogens with zero attached hydrogens (tertiary/aromatic N) is 4. The first kappa shape index (κ1) is 21.9. The van der Waals surface area contributed by atoms with Gasteiger partial charge in [0, 0.05) is 17.6 Å². The van der Waals surface area contributed by atoms with E-state index in [1.807, 2.05) is 67.1 Å². The average molecular weight is 469 g/mol. The third-order valence-electron chi connectivity index (χ3n) is 5.60. The third kappa shape index (κ3) is 4.58. The summed E-state index contributed by atoms with van der Waals surface area (Å²) >= 11 is 1.57. The first-order valence-corrected chi connectivity index (χ1v) is 12.0. The molecule has 8 heteroatoms. The van der Waals surface area contributed by atoms with Crippen molar-refractivity contribution in [3.8, 4) is 0 Å². The van der Waals surface area contributed by atoms with E-state index in [1.54, 1.807) is 30.2 Å². The van der Waals surface area contributed by atoms with Gasteiger partial charge in [-0.2, -0.15) is 4.98 Å². The van der Waals surface area contributed by atoms with Gasteiger partial charge in [-0.1, -0.05) is 71.9 Å². The highest BCUT2D eigenvalue weighted by Crippen LogP contribution is 2.37. The molecule has 1 aliphatic heterocycles. The van der Waals surface area contributed by atoms with Gasteiger partial charge in [0.05, 0.1) is 17.5 Å². The second-order valence-electron chi connectivity index (χ2n) is 8.11. The monoisotopic (exact) mass is 468 g/mol. The number of thioether (sulfide) groups is 1. The lowest BCUT2D eigenvalue weighted by atomic mass is 9.94. The number of aryl methyl sites for hydroxylation is 1. The molecule has 170 valence electrons. The lowest BCUT2D eigenvalue weighted by Crippen LogP contribution is -2.31. The third-order valence-corrected chi connectivity index (χ3v) is 6.51. The summed E-state index contributed by atoms with van der Waals surface area (Å²) in [6.45, 7) is 3.94. The van der Waals surface area contributed by atoms with Crippen molar-refractivity contribution in [2.45, 2.75) is 30.8 Å². The Kier molecular flexibility index (Phi) is 6.14. The quantitative estimate of drug-likeness (QED) is 0.378. The van der Waals surface area contributed by atoms with Gasteiger partial charge in [-0.3, -0.25) is 9.78 Å². The van der Waals surface area contributed by atoms with E-state index in [0.717, 1.165) is 22.6 Å². The molecule has 0 radical (unpaired) electrons. The van der Waals surface area contributed by atoms with Crippen LogP contribution in [0, 0.1) is 6.92 Å². The smallest absolute Gasteiger partial charge is 0.255 e. The fraction of sp³-hybridized carbons (Fsp3) is 0.154. The van der Waals surface area contributed by atoms with Crippen LogP contribution >= 0.6 is 11.8 Å². The number of anilines is 2. The van der Waals surface area contributed by atoms with Crippen LogP contribution in [-0.2, 0) is 10.5 Å². The fourth-order valence-electron chi connectivity index (χ4n) is 3.90. The average Bonchev–Trinajstić information content (AvgIpc) is 3.26. The first-order chi connectivity index (χ1) is 16.6. The Balaban J connectivity index is 1.49. The molecule has 0 spiro atoms. The Bertz CT molecular complexity index is 1330. The van der Waals surface area contributed by atoms with E-state index < -0.39 is 6.04 Å². The Labute approximate surface area is 202 Å². The molecule has 4 aromatic rings. The van der Waals surface area contributed by atoms with E-state index in [-0.39, 0.29) is 5.91 Å². The van der Waals surface area contributed by atoms with E-state index in [2.05, 4.69) is 27.8 Å². The summed E-state index contributed by atoms with van der Waals surface area (Å²) < 4.78 is 1.81. The van der Waals surface area contributed by atoms with Gasteiger partial charge >= 0.3 is 0 Å². The van der Waals surface area contributed by atoms with Crippen molar-refractivity contribution in [3.05, 3.63) is 107 Å². The highest BCUT2D eigenvalue weighted by atomic mass is 32.2. The van der Waals surface area contributed by atoms with Gasteiger partial charge in [0.15, 0.2) is 0 Å². The Morgan fingerprint density at radius 2 is 1.85 bits per heavy atom. The van der Waals surface area contributed by atoms with E-state index in [1.165, 1.54) is 5.56 Å². The molecule has 2 N–H and O–H groups in total. The second kappa shape index (κ2) is 9.52. The van der Waals surface area contributed by atoms with Gasteiger partial charge in [0.2, 0.25) is 11.1 Å². The first-order valence-electron chi connectivity index (χ1n) is 11.0. The van der Waals surface area contributed by atoms with Crippen molar-refractivity contribution in [2.75, 3.05) is 10.6 Å². The molecule has 34 heavy (non-hydrogen) atoms. The van der Waals surface area contributed by atoms with Crippen LogP contribution in [0.25, 0.3) is 0 Å². The van der Waals surface area contributed by atoms with E-state index in [9.17, 15) is 4.79 Å². The number of carbonyl (C=O) groups is 1. The molecule has 0 saturated heterocycles. The van der Waals surface area contributed by atoms with Gasteiger partial charge < -0.3 is 10.6 Å². The summed E-state index contributed by atoms with van der Waals surface area (Å²) in [5.41, 5.74) is 5.29. The minimum atomic E-state index is -0.410. The summed E-state index contributed by atoms with van der Waals surface area (Å²) in [6, 6.07) is 21.6. The normalized spacial score (nSPS) is 14.9. The highest BCUT2D eigenvalue weighted by molar-refractivity contribution is 7.98. The molecule has 2 aromatic carbocycles. The summed E-state index contributed by atoms with van der Waals surface area (Å²) in [6.07, 6.45) is 3.30. The molecular weight excluding hydrogens is 444 g/mol. The van der Waals surface area contributed by atoms with Crippen molar-refractivity contribution >= 4 is 29.3 Å². The zero-order chi connectivity index (χ0) is 23.5. The van der Waals surface area contributed by atoms with Gasteiger partial charge in [-0.05, 0) is 37.1 Å². The molecule has 7 nitrogen and oxygen atoms in total. The van der Waals surface area contributed by atoms with Crippen LogP contribution in [-0.4, -0.2) is 25.7 Å². The van der Waals surface area contributed by atoms with Crippen molar-refractivity contribution in [2.24, 2.45) is 0 Å². The highest BCUT2D eigenvalue weighted by Gasteiger charge is 2.34. The predicted octanol–water partition coefficient (Wildman–Crippen LogP) is 5.20. The van der Waals surface area contributed by atoms with Crippen LogP contribution in [0.1, 0.15) is 29.7 Å². The number of rotatable bonds is 6. The number of benzene rings is 2. The minimum absolute atomic E-state index is 0.205. The van der Waals surface area contributed by atoms with E-state index in [4.69, 9.17) is 10.1 Å². The van der Waals surface area contributed by atoms with Crippen molar-refractivity contribution < 1.29 is 4.79 Å². The molecule has 0 fully saturated rings. The summed E-state index contributed by atoms with van der Waals surface area (Å²) in [5.74, 6) is 1.18. The van der Waals surface area contributed by atoms with E-state index >= 15 is 0 Å². The molecule has 0 bridgehead atoms. The van der Waals surface area contributed by atoms with Gasteiger partial charge in [-0.25, -0.2) is 4.68 Å². The Morgan fingerprint density at radius 1 is 1.06 bits per heavy atom. The molecule has 5 rings (SSSR count). The molecule has 1 amide bonds. The van der Waals surface area contributed by atoms with Crippen molar-refractivity contribution in [1.29, 1.82) is 0 Å². The number of amides is 1. The number of allylic oxidation sites excluding steroid dienone is 1. The number of fused-ring (bicyclic) bond motifs is 1. The number of pyridine rings is 1. The molecule has 0 saturated carbocycles. The van der Waals surface area contributed by atoms with Crippen molar-refractivity contribution in [3.63, 3.8) is 0 Å². The van der Waals surface area contributed by atoms with Crippen LogP contribution in [0.15, 0.2) is 95.6 Å². The van der Waals surface area contributed by atoms with Crippen LogP contribution < -0.4 is 10.6 Å². The van der Waals surface area contributed by atoms with Crippen molar-refractivity contribution in [1.82, 2.24) is 19.7 Å². The Morgan fingerprint density at radius 3 is 2.59 bits per heavy atom. The van der Waals surface area contributed by atoms with Gasteiger partial charge in [0.1, 0.15) is 6.04 Å². The minimum Gasteiger partial charge on any atom is -0.328 e. The molecular formula is C26H24N6OS. The summed E-state index contributed by atoms with van der Waals surface area (Å²) in [5, 5.41) is 11.7. The number of hydrogen-bond donors (Lipinski definition) is 2. The molecule has 1 aliphatic rings. The topological polar surface area (TPSA) is 84.7 Å². The maximum absolute atomic E-state index is 13.5. The summed E-state index contributed by atoms with van der Waals surface area (Å²) in [4.78, 5) is 22.3. The predicted molar refractivity (Wildman–Crippen MR) is 135 cm³/mol. The standard InChI is InChI=1S/C26H24N6OS/c1-17-10-12-20(13-11-17)23-22(24(33)29-21-9-6-14-27-15-21)18(2)28-25-30-26(31-32(23)25)34-16-19-7-4-3-5-8-19/h3-15,23H,16H2,1-2H3,(H,29,33)(H,28,30,31). The second-order valence-corrected chi connectivity index (χ2v) is 9.05. The number of nitrogens with one attached hydrogen (secondary N) is 2.